The van der Waals surface area contributed by atoms with E-state index < -0.39 is 0 Å². The molecular formula is C14H24O2. The molecule has 0 N–H and O–H groups in total. The Morgan fingerprint density at radius 1 is 1.38 bits per heavy atom. The minimum absolute atomic E-state index is 0.0159. The maximum atomic E-state index is 5.95. The average Bonchev–Trinajstić information content (AvgIpc) is 2.30. The fraction of sp³-hybridized carbons (Fsp3) is 0.857. The number of unbranched alkanes of at least 4 members (excludes halogenated alkanes) is 2. The molecule has 2 nitrogen and oxygen atoms in total. The van der Waals surface area contributed by atoms with Crippen molar-refractivity contribution < 1.29 is 9.47 Å². The molecule has 1 saturated heterocycles. The van der Waals surface area contributed by atoms with Crippen molar-refractivity contribution in [3.05, 3.63) is 11.8 Å². The van der Waals surface area contributed by atoms with Gasteiger partial charge in [-0.1, -0.05) is 19.8 Å². The van der Waals surface area contributed by atoms with Gasteiger partial charge >= 0.3 is 0 Å². The lowest BCUT2D eigenvalue weighted by Crippen LogP contribution is -2.37. The van der Waals surface area contributed by atoms with Crippen LogP contribution >= 0.6 is 0 Å². The van der Waals surface area contributed by atoms with Crippen LogP contribution in [0.1, 0.15) is 58.8 Å². The Bertz CT molecular complexity index is 247. The van der Waals surface area contributed by atoms with Crippen LogP contribution in [0.5, 0.6) is 0 Å². The van der Waals surface area contributed by atoms with Gasteiger partial charge in [0.25, 0.3) is 0 Å². The van der Waals surface area contributed by atoms with E-state index in [-0.39, 0.29) is 6.29 Å². The molecule has 0 bridgehead atoms. The topological polar surface area (TPSA) is 18.5 Å². The summed E-state index contributed by atoms with van der Waals surface area (Å²) in [6.45, 7) is 4.42. The molecular weight excluding hydrogens is 200 g/mol. The molecule has 1 aliphatic carbocycles. The molecule has 16 heavy (non-hydrogen) atoms. The molecule has 0 aromatic heterocycles. The zero-order chi connectivity index (χ0) is 11.4. The van der Waals surface area contributed by atoms with Crippen LogP contribution in [-0.2, 0) is 9.47 Å². The van der Waals surface area contributed by atoms with Crippen molar-refractivity contribution >= 4 is 0 Å². The Hall–Kier alpha value is -0.500. The zero-order valence-corrected chi connectivity index (χ0v) is 10.6. The second kappa shape index (κ2) is 5.72. The van der Waals surface area contributed by atoms with Gasteiger partial charge in [-0.3, -0.25) is 0 Å². The first kappa shape index (κ1) is 12.0. The van der Waals surface area contributed by atoms with Gasteiger partial charge in [0.05, 0.1) is 6.10 Å². The summed E-state index contributed by atoms with van der Waals surface area (Å²) in [5.41, 5.74) is 0. The van der Waals surface area contributed by atoms with Crippen LogP contribution in [0.4, 0.5) is 0 Å². The Kier molecular flexibility index (Phi) is 4.28. The van der Waals surface area contributed by atoms with Crippen LogP contribution < -0.4 is 0 Å². The van der Waals surface area contributed by atoms with E-state index in [2.05, 4.69) is 19.9 Å². The maximum Gasteiger partial charge on any atom is 0.199 e. The number of hydrogen-bond acceptors (Lipinski definition) is 2. The fourth-order valence-electron chi connectivity index (χ4n) is 2.68. The van der Waals surface area contributed by atoms with Crippen molar-refractivity contribution in [1.82, 2.24) is 0 Å². The van der Waals surface area contributed by atoms with Gasteiger partial charge in [0, 0.05) is 12.3 Å². The van der Waals surface area contributed by atoms with Crippen molar-refractivity contribution in [1.29, 1.82) is 0 Å². The third-order valence-corrected chi connectivity index (χ3v) is 3.67. The van der Waals surface area contributed by atoms with Crippen molar-refractivity contribution in [3.63, 3.8) is 0 Å². The second-order valence-corrected chi connectivity index (χ2v) is 5.03. The molecule has 0 radical (unpaired) electrons. The normalized spacial score (nSPS) is 33.9. The first-order valence-electron chi connectivity index (χ1n) is 6.83. The number of allylic oxidation sites excluding steroid dienone is 1. The summed E-state index contributed by atoms with van der Waals surface area (Å²) in [4.78, 5) is 0. The summed E-state index contributed by atoms with van der Waals surface area (Å²) in [5, 5.41) is 0. The van der Waals surface area contributed by atoms with Crippen LogP contribution in [0, 0.1) is 5.92 Å². The Morgan fingerprint density at radius 3 is 3.06 bits per heavy atom. The average molecular weight is 224 g/mol. The molecule has 0 spiro atoms. The summed E-state index contributed by atoms with van der Waals surface area (Å²) >= 11 is 0. The largest absolute Gasteiger partial charge is 0.469 e. The molecule has 0 saturated carbocycles. The summed E-state index contributed by atoms with van der Waals surface area (Å²) in [6.07, 6.45) is 11.1. The van der Waals surface area contributed by atoms with Crippen molar-refractivity contribution in [3.8, 4) is 0 Å². The first-order valence-corrected chi connectivity index (χ1v) is 6.83. The van der Waals surface area contributed by atoms with Gasteiger partial charge in [-0.15, -0.1) is 0 Å². The van der Waals surface area contributed by atoms with Crippen molar-refractivity contribution in [2.75, 3.05) is 0 Å². The summed E-state index contributed by atoms with van der Waals surface area (Å²) in [6, 6.07) is 0. The number of hydrogen-bond donors (Lipinski definition) is 0. The smallest absolute Gasteiger partial charge is 0.199 e. The lowest BCUT2D eigenvalue weighted by Gasteiger charge is -2.39. The van der Waals surface area contributed by atoms with Gasteiger partial charge in [0.2, 0.25) is 0 Å². The minimum atomic E-state index is 0.0159. The molecule has 2 rings (SSSR count). The van der Waals surface area contributed by atoms with Gasteiger partial charge in [-0.2, -0.15) is 0 Å². The molecule has 92 valence electrons. The van der Waals surface area contributed by atoms with Crippen LogP contribution in [0.3, 0.4) is 0 Å². The van der Waals surface area contributed by atoms with Gasteiger partial charge in [-0.05, 0) is 38.7 Å². The highest BCUT2D eigenvalue weighted by atomic mass is 16.7. The highest BCUT2D eigenvalue weighted by molar-refractivity contribution is 5.06. The van der Waals surface area contributed by atoms with Gasteiger partial charge in [0.1, 0.15) is 5.76 Å². The molecule has 1 aliphatic heterocycles. The second-order valence-electron chi connectivity index (χ2n) is 5.03. The third-order valence-electron chi connectivity index (χ3n) is 3.67. The maximum absolute atomic E-state index is 5.95. The van der Waals surface area contributed by atoms with Crippen LogP contribution in [-0.4, -0.2) is 12.4 Å². The van der Waals surface area contributed by atoms with E-state index in [9.17, 15) is 0 Å². The Balaban J connectivity index is 1.87. The first-order chi connectivity index (χ1) is 7.81. The standard InChI is InChI=1S/C14H24O2/c1-3-4-5-10-14-15-11(2)12-8-6-7-9-13(12)16-14/h9,11-12,14H,3-8,10H2,1-2H3. The van der Waals surface area contributed by atoms with Crippen molar-refractivity contribution in [2.45, 2.75) is 71.2 Å². The highest BCUT2D eigenvalue weighted by Crippen LogP contribution is 2.36. The predicted molar refractivity (Wildman–Crippen MR) is 65.0 cm³/mol. The quantitative estimate of drug-likeness (QED) is 0.672. The number of fused-ring (bicyclic) bond motifs is 1. The van der Waals surface area contributed by atoms with Crippen LogP contribution in [0.2, 0.25) is 0 Å². The summed E-state index contributed by atoms with van der Waals surface area (Å²) < 4.78 is 11.9. The number of rotatable bonds is 4. The minimum Gasteiger partial charge on any atom is -0.469 e. The number of ether oxygens (including phenoxy) is 2. The lowest BCUT2D eigenvalue weighted by molar-refractivity contribution is -0.205. The Labute approximate surface area is 99.0 Å². The van der Waals surface area contributed by atoms with E-state index in [1.54, 1.807) is 0 Å². The van der Waals surface area contributed by atoms with E-state index in [4.69, 9.17) is 9.47 Å². The molecule has 0 aromatic carbocycles. The lowest BCUT2D eigenvalue weighted by atomic mass is 9.89. The van der Waals surface area contributed by atoms with E-state index in [0.29, 0.717) is 12.0 Å². The van der Waals surface area contributed by atoms with Crippen LogP contribution in [0.15, 0.2) is 11.8 Å². The van der Waals surface area contributed by atoms with Gasteiger partial charge < -0.3 is 9.47 Å². The summed E-state index contributed by atoms with van der Waals surface area (Å²) in [7, 11) is 0. The summed E-state index contributed by atoms with van der Waals surface area (Å²) in [5.74, 6) is 1.74. The fourth-order valence-corrected chi connectivity index (χ4v) is 2.68. The monoisotopic (exact) mass is 224 g/mol. The highest BCUT2D eigenvalue weighted by Gasteiger charge is 2.34. The molecule has 3 atom stereocenters. The van der Waals surface area contributed by atoms with E-state index in [1.807, 2.05) is 0 Å². The Morgan fingerprint density at radius 2 is 2.25 bits per heavy atom. The molecule has 2 aliphatic rings. The SMILES string of the molecule is CCCCCC1OC2=CCCCC2C(C)O1. The zero-order valence-electron chi connectivity index (χ0n) is 10.6. The van der Waals surface area contributed by atoms with E-state index in [0.717, 1.165) is 6.42 Å². The van der Waals surface area contributed by atoms with E-state index >= 15 is 0 Å². The van der Waals surface area contributed by atoms with Crippen LogP contribution in [0.25, 0.3) is 0 Å². The third kappa shape index (κ3) is 2.79. The van der Waals surface area contributed by atoms with E-state index in [1.165, 1.54) is 44.3 Å². The molecule has 2 heteroatoms. The van der Waals surface area contributed by atoms with Gasteiger partial charge in [0.15, 0.2) is 6.29 Å². The molecule has 1 fully saturated rings. The molecule has 0 amide bonds. The van der Waals surface area contributed by atoms with Crippen molar-refractivity contribution in [2.24, 2.45) is 5.92 Å². The molecule has 1 heterocycles. The van der Waals surface area contributed by atoms with Gasteiger partial charge in [-0.25, -0.2) is 0 Å². The molecule has 3 unspecified atom stereocenters. The predicted octanol–water partition coefficient (Wildman–Crippen LogP) is 4.01. The molecule has 0 aromatic rings.